The van der Waals surface area contributed by atoms with Crippen LogP contribution in [0.15, 0.2) is 63.2 Å². The van der Waals surface area contributed by atoms with Gasteiger partial charge in [-0.05, 0) is 61.5 Å². The molecule has 2 aromatic rings. The summed E-state index contributed by atoms with van der Waals surface area (Å²) in [6.45, 7) is 3.53. The van der Waals surface area contributed by atoms with Crippen LogP contribution >= 0.6 is 23.5 Å². The van der Waals surface area contributed by atoms with E-state index in [1.54, 1.807) is 17.8 Å². The summed E-state index contributed by atoms with van der Waals surface area (Å²) in [5.74, 6) is -1.10. The minimum Gasteiger partial charge on any atom is -0.467 e. The normalized spacial score (nSPS) is 16.5. The number of amides is 2. The number of thioether (sulfide) groups is 1. The van der Waals surface area contributed by atoms with Crippen molar-refractivity contribution in [3.8, 4) is 0 Å². The quantitative estimate of drug-likeness (QED) is 0.521. The van der Waals surface area contributed by atoms with Crippen molar-refractivity contribution in [2.75, 3.05) is 7.11 Å². The molecule has 0 saturated carbocycles. The number of hydrogen-bond donors (Lipinski definition) is 0. The first-order valence-corrected chi connectivity index (χ1v) is 10.2. The second-order valence-electron chi connectivity index (χ2n) is 6.23. The van der Waals surface area contributed by atoms with Crippen LogP contribution in [-0.4, -0.2) is 35.2 Å². The van der Waals surface area contributed by atoms with Crippen molar-refractivity contribution < 1.29 is 19.1 Å². The summed E-state index contributed by atoms with van der Waals surface area (Å²) in [5.41, 5.74) is 2.03. The molecule has 2 amide bonds. The van der Waals surface area contributed by atoms with Gasteiger partial charge in [-0.2, -0.15) is 0 Å². The third-order valence-corrected chi connectivity index (χ3v) is 6.09. The van der Waals surface area contributed by atoms with E-state index in [1.807, 2.05) is 24.3 Å². The number of methoxy groups -OCH3 is 1. The lowest BCUT2D eigenvalue weighted by molar-refractivity contribution is -0.148. The van der Waals surface area contributed by atoms with E-state index in [0.29, 0.717) is 4.91 Å². The number of hydrogen-bond acceptors (Lipinski definition) is 6. The van der Waals surface area contributed by atoms with Crippen molar-refractivity contribution in [3.05, 3.63) is 64.6 Å². The summed E-state index contributed by atoms with van der Waals surface area (Å²) in [6.07, 6.45) is 1.66. The fourth-order valence-corrected chi connectivity index (χ4v) is 4.34. The van der Waals surface area contributed by atoms with E-state index >= 15 is 0 Å². The molecule has 0 radical (unpaired) electrons. The molecular formula is C21H19NO4S2. The van der Waals surface area contributed by atoms with E-state index in [4.69, 9.17) is 0 Å². The molecule has 7 heteroatoms. The Bertz CT molecular complexity index is 936. The van der Waals surface area contributed by atoms with Crippen molar-refractivity contribution in [1.29, 1.82) is 0 Å². The van der Waals surface area contributed by atoms with Gasteiger partial charge in [0, 0.05) is 9.79 Å². The molecule has 1 atom stereocenters. The molecule has 0 bridgehead atoms. The van der Waals surface area contributed by atoms with E-state index < -0.39 is 23.2 Å². The summed E-state index contributed by atoms with van der Waals surface area (Å²) < 4.78 is 4.63. The van der Waals surface area contributed by atoms with E-state index in [2.05, 4.69) is 35.9 Å². The van der Waals surface area contributed by atoms with Crippen LogP contribution in [0.25, 0.3) is 6.08 Å². The summed E-state index contributed by atoms with van der Waals surface area (Å²) >= 11 is 2.48. The Balaban J connectivity index is 1.73. The van der Waals surface area contributed by atoms with Crippen LogP contribution in [-0.2, 0) is 14.3 Å². The Morgan fingerprint density at radius 3 is 2.21 bits per heavy atom. The molecule has 0 aromatic heterocycles. The second-order valence-corrected chi connectivity index (χ2v) is 8.38. The van der Waals surface area contributed by atoms with Gasteiger partial charge in [-0.1, -0.05) is 41.6 Å². The number of esters is 1. The Labute approximate surface area is 172 Å². The number of ether oxygens (including phenoxy) is 1. The van der Waals surface area contributed by atoms with Gasteiger partial charge in [0.05, 0.1) is 12.0 Å². The highest BCUT2D eigenvalue weighted by molar-refractivity contribution is 8.18. The second kappa shape index (κ2) is 8.67. The average molecular weight is 414 g/mol. The molecule has 3 rings (SSSR count). The van der Waals surface area contributed by atoms with Gasteiger partial charge in [-0.25, -0.2) is 4.79 Å². The lowest BCUT2D eigenvalue weighted by Gasteiger charge is -2.18. The van der Waals surface area contributed by atoms with Gasteiger partial charge >= 0.3 is 5.97 Å². The highest BCUT2D eigenvalue weighted by Crippen LogP contribution is 2.34. The highest BCUT2D eigenvalue weighted by atomic mass is 32.2. The lowest BCUT2D eigenvalue weighted by atomic mass is 10.2. The first-order chi connectivity index (χ1) is 13.4. The minimum absolute atomic E-state index is 0.291. The van der Waals surface area contributed by atoms with Crippen LogP contribution in [0, 0.1) is 6.92 Å². The lowest BCUT2D eigenvalue weighted by Crippen LogP contribution is -2.42. The molecule has 1 saturated heterocycles. The number of carbonyl (C=O) groups is 3. The maximum atomic E-state index is 12.5. The van der Waals surface area contributed by atoms with Crippen LogP contribution in [0.5, 0.6) is 0 Å². The van der Waals surface area contributed by atoms with Crippen molar-refractivity contribution in [3.63, 3.8) is 0 Å². The van der Waals surface area contributed by atoms with Crippen molar-refractivity contribution in [2.24, 2.45) is 0 Å². The van der Waals surface area contributed by atoms with Gasteiger partial charge in [-0.15, -0.1) is 0 Å². The van der Waals surface area contributed by atoms with Crippen molar-refractivity contribution >= 4 is 46.7 Å². The monoisotopic (exact) mass is 413 g/mol. The van der Waals surface area contributed by atoms with Crippen molar-refractivity contribution in [1.82, 2.24) is 4.90 Å². The van der Waals surface area contributed by atoms with E-state index in [-0.39, 0.29) is 0 Å². The van der Waals surface area contributed by atoms with Gasteiger partial charge in [0.2, 0.25) is 0 Å². The third kappa shape index (κ3) is 4.48. The van der Waals surface area contributed by atoms with Crippen LogP contribution in [0.1, 0.15) is 18.1 Å². The Kier molecular flexibility index (Phi) is 6.26. The van der Waals surface area contributed by atoms with Crippen LogP contribution in [0.4, 0.5) is 4.79 Å². The zero-order valence-electron chi connectivity index (χ0n) is 15.7. The molecule has 0 spiro atoms. The molecule has 0 aliphatic carbocycles. The van der Waals surface area contributed by atoms with E-state index in [1.165, 1.54) is 19.6 Å². The number of nitrogens with zero attached hydrogens (tertiary/aromatic N) is 1. The Hall–Kier alpha value is -2.51. The zero-order chi connectivity index (χ0) is 20.3. The smallest absolute Gasteiger partial charge is 0.328 e. The summed E-state index contributed by atoms with van der Waals surface area (Å²) in [4.78, 5) is 39.8. The fraction of sp³-hybridized carbons (Fsp3) is 0.190. The molecule has 1 aliphatic rings. The van der Waals surface area contributed by atoms with Gasteiger partial charge in [0.1, 0.15) is 6.04 Å². The van der Waals surface area contributed by atoms with Gasteiger partial charge in [0.15, 0.2) is 0 Å². The standard InChI is InChI=1S/C21H19NO4S2/c1-13-4-8-16(9-5-13)27-17-10-6-15(7-11-17)12-18-19(23)22(21(25)28-18)14(2)20(24)26-3/h4-12,14H,1-3H3/b18-12+/t14-/m0/s1. The van der Waals surface area contributed by atoms with Gasteiger partial charge in [-0.3, -0.25) is 14.5 Å². The largest absolute Gasteiger partial charge is 0.467 e. The molecule has 144 valence electrons. The number of imide groups is 1. The van der Waals surface area contributed by atoms with Crippen LogP contribution in [0.2, 0.25) is 0 Å². The predicted molar refractivity (Wildman–Crippen MR) is 111 cm³/mol. The molecule has 1 heterocycles. The molecule has 5 nitrogen and oxygen atoms in total. The summed E-state index contributed by atoms with van der Waals surface area (Å²) in [6, 6.07) is 15.1. The summed E-state index contributed by atoms with van der Waals surface area (Å²) in [5, 5.41) is -0.472. The molecular weight excluding hydrogens is 394 g/mol. The predicted octanol–water partition coefficient (Wildman–Crippen LogP) is 4.74. The Morgan fingerprint density at radius 2 is 1.64 bits per heavy atom. The van der Waals surface area contributed by atoms with Crippen LogP contribution < -0.4 is 0 Å². The third-order valence-electron chi connectivity index (χ3n) is 4.19. The minimum atomic E-state index is -0.948. The number of aryl methyl sites for hydroxylation is 1. The number of carbonyl (C=O) groups excluding carboxylic acids is 3. The topological polar surface area (TPSA) is 63.7 Å². The maximum absolute atomic E-state index is 12.5. The molecule has 28 heavy (non-hydrogen) atoms. The molecule has 2 aromatic carbocycles. The number of benzene rings is 2. The van der Waals surface area contributed by atoms with E-state index in [9.17, 15) is 14.4 Å². The van der Waals surface area contributed by atoms with Gasteiger partial charge < -0.3 is 4.74 Å². The molecule has 1 fully saturated rings. The number of rotatable bonds is 5. The van der Waals surface area contributed by atoms with E-state index in [0.717, 1.165) is 32.0 Å². The highest BCUT2D eigenvalue weighted by Gasteiger charge is 2.41. The van der Waals surface area contributed by atoms with Crippen LogP contribution in [0.3, 0.4) is 0 Å². The maximum Gasteiger partial charge on any atom is 0.328 e. The average Bonchev–Trinajstić information content (AvgIpc) is 2.97. The molecule has 0 unspecified atom stereocenters. The zero-order valence-corrected chi connectivity index (χ0v) is 17.3. The van der Waals surface area contributed by atoms with Crippen molar-refractivity contribution in [2.45, 2.75) is 29.7 Å². The molecule has 0 N–H and O–H groups in total. The van der Waals surface area contributed by atoms with Gasteiger partial charge in [0.25, 0.3) is 11.1 Å². The summed E-state index contributed by atoms with van der Waals surface area (Å²) in [7, 11) is 1.23. The fourth-order valence-electron chi connectivity index (χ4n) is 2.62. The first-order valence-electron chi connectivity index (χ1n) is 8.58. The SMILES string of the molecule is COC(=O)[C@H](C)N1C(=O)S/C(=C/c2ccc(Sc3ccc(C)cc3)cc2)C1=O. The Morgan fingerprint density at radius 1 is 1.07 bits per heavy atom. The molecule has 1 aliphatic heterocycles. The first kappa shape index (κ1) is 20.2.